The van der Waals surface area contributed by atoms with Gasteiger partial charge in [0.25, 0.3) is 0 Å². The van der Waals surface area contributed by atoms with Crippen LogP contribution in [0.3, 0.4) is 0 Å². The van der Waals surface area contributed by atoms with Crippen molar-refractivity contribution in [3.8, 4) is 0 Å². The molecule has 5 aliphatic heterocycles. The highest BCUT2D eigenvalue weighted by molar-refractivity contribution is 7.07. The Labute approximate surface area is 481 Å². The molecule has 0 saturated heterocycles. The van der Waals surface area contributed by atoms with E-state index in [9.17, 15) is 0 Å². The summed E-state index contributed by atoms with van der Waals surface area (Å²) in [4.78, 5) is 18.9. The highest BCUT2D eigenvalue weighted by Crippen LogP contribution is 2.17. The van der Waals surface area contributed by atoms with Gasteiger partial charge in [-0.1, -0.05) is 103 Å². The number of aromatic nitrogens is 10. The molecule has 1 aliphatic carbocycles. The van der Waals surface area contributed by atoms with Crippen LogP contribution >= 0.6 is 22.7 Å². The van der Waals surface area contributed by atoms with Gasteiger partial charge in [-0.15, -0.1) is 43.1 Å². The Morgan fingerprint density at radius 2 is 1.17 bits per heavy atom. The van der Waals surface area contributed by atoms with Crippen molar-refractivity contribution in [2.24, 2.45) is 4.99 Å². The van der Waals surface area contributed by atoms with Gasteiger partial charge in [0, 0.05) is 86.8 Å². The number of thiazole rings is 2. The van der Waals surface area contributed by atoms with E-state index in [1.807, 2.05) is 89.9 Å². The number of H-pyrrole nitrogens is 1. The van der Waals surface area contributed by atoms with Crippen molar-refractivity contribution in [1.29, 1.82) is 0 Å². The van der Waals surface area contributed by atoms with E-state index in [0.29, 0.717) is 0 Å². The summed E-state index contributed by atoms with van der Waals surface area (Å²) in [5.41, 5.74) is 9.05. The van der Waals surface area contributed by atoms with E-state index in [0.717, 1.165) is 58.7 Å². The van der Waals surface area contributed by atoms with E-state index < -0.39 is 0 Å². The molecule has 81 heavy (non-hydrogen) atoms. The van der Waals surface area contributed by atoms with E-state index >= 15 is 0 Å². The number of allylic oxidation sites excluding steroid dienone is 3. The topological polar surface area (TPSA) is 242 Å². The number of nitrogens with one attached hydrogen (secondary N) is 4. The Morgan fingerprint density at radius 1 is 0.481 bits per heavy atom. The van der Waals surface area contributed by atoms with Gasteiger partial charge in [0.1, 0.15) is 6.26 Å². The number of hydrogen-bond acceptors (Lipinski definition) is 20. The third kappa shape index (κ3) is 43.2. The minimum atomic E-state index is 0.871. The molecule has 0 spiro atoms. The second-order valence-corrected chi connectivity index (χ2v) is 16.6. The van der Waals surface area contributed by atoms with Crippen molar-refractivity contribution >= 4 is 35.0 Å². The summed E-state index contributed by atoms with van der Waals surface area (Å²) in [6.45, 7) is 7.11. The van der Waals surface area contributed by atoms with Crippen LogP contribution in [0, 0.1) is 0 Å². The predicted molar refractivity (Wildman–Crippen MR) is 322 cm³/mol. The predicted octanol–water partition coefficient (Wildman–Crippen LogP) is 12.0. The van der Waals surface area contributed by atoms with Crippen LogP contribution in [0.15, 0.2) is 291 Å². The van der Waals surface area contributed by atoms with E-state index in [1.165, 1.54) is 66.9 Å². The van der Waals surface area contributed by atoms with Crippen LogP contribution in [-0.4, -0.2) is 96.1 Å². The van der Waals surface area contributed by atoms with Gasteiger partial charge in [-0.2, -0.15) is 5.10 Å². The normalized spacial score (nSPS) is 12.4. The third-order valence-electron chi connectivity index (χ3n) is 9.14. The number of fused-ring (bicyclic) bond motifs is 2. The Kier molecular flexibility index (Phi) is 43.7. The number of furan rings is 1. The Hall–Kier alpha value is -9.54. The standard InChI is InChI=1S/C9H8.C8H7N.C5H9N.C5H7N.C5H5N.C4H7N.C4H6O.C4H4O.C3H4N2.C3H3NO.2C3H3NS.2C2H2N2O/c1-2-5-9-7-3-6-8(9)4-1;1-2-4-8-6-9-5-7(8)3-1;3*1-2-4-6-5-3-1;4*1-2-4-5-3-1;3*1-2-5-3-4-1;2*1-3-4-2-5-1/h1-6H,7H2;1-5H,6H2;1-2,6H,3-5H2;1-4,6H,5H2;1-5H;1-2,5H,3-4H2;1,3H,2,4H2;1-4H;1-3H,(H,4,5);3*1-3H;2*1-2H. The van der Waals surface area contributed by atoms with Crippen molar-refractivity contribution < 1.29 is 22.4 Å². The molecule has 0 saturated carbocycles. The molecule has 0 amide bonds. The molecular formula is C60H70N14O5S2. The first kappa shape index (κ1) is 65.7. The number of pyridine rings is 1. The molecule has 21 heteroatoms. The highest BCUT2D eigenvalue weighted by atomic mass is 32.1. The van der Waals surface area contributed by atoms with E-state index in [-0.39, 0.29) is 0 Å². The maximum atomic E-state index is 4.76. The molecule has 422 valence electrons. The van der Waals surface area contributed by atoms with Crippen LogP contribution < -0.4 is 16.0 Å². The number of aliphatic imine (C=N–C) groups is 1. The van der Waals surface area contributed by atoms with Crippen LogP contribution in [0.2, 0.25) is 0 Å². The lowest BCUT2D eigenvalue weighted by Crippen LogP contribution is -2.17. The second-order valence-electron chi connectivity index (χ2n) is 15.1. The van der Waals surface area contributed by atoms with Gasteiger partial charge in [-0.25, -0.2) is 4.98 Å². The summed E-state index contributed by atoms with van der Waals surface area (Å²) < 4.78 is 22.5. The van der Waals surface area contributed by atoms with Gasteiger partial charge in [0.15, 0.2) is 6.39 Å². The number of aromatic amines is 1. The van der Waals surface area contributed by atoms with Gasteiger partial charge < -0.3 is 38.4 Å². The van der Waals surface area contributed by atoms with Crippen molar-refractivity contribution in [3.63, 3.8) is 0 Å². The molecule has 4 N–H and O–H groups in total. The van der Waals surface area contributed by atoms with E-state index in [2.05, 4.69) is 168 Å². The van der Waals surface area contributed by atoms with Crippen LogP contribution in [-0.2, 0) is 17.7 Å². The Balaban J connectivity index is 0.000000230. The lowest BCUT2D eigenvalue weighted by atomic mass is 10.1. The number of nitrogens with zero attached hydrogens (tertiary/aromatic N) is 10. The zero-order valence-corrected chi connectivity index (χ0v) is 46.6. The van der Waals surface area contributed by atoms with E-state index in [1.54, 1.807) is 95.9 Å². The summed E-state index contributed by atoms with van der Waals surface area (Å²) in [5, 5.41) is 32.6. The maximum absolute atomic E-state index is 4.76. The van der Waals surface area contributed by atoms with Gasteiger partial charge in [-0.05, 0) is 90.3 Å². The number of rotatable bonds is 0. The largest absolute Gasteiger partial charge is 0.501 e. The average Bonchev–Trinajstić information content (AvgIpc) is 4.41. The summed E-state index contributed by atoms with van der Waals surface area (Å²) in [6.07, 6.45) is 53.4. The molecular weight excluding hydrogens is 1060 g/mol. The molecule has 2 aromatic carbocycles. The fourth-order valence-corrected chi connectivity index (χ4v) is 6.23. The first-order valence-electron chi connectivity index (χ1n) is 25.4. The van der Waals surface area contributed by atoms with Crippen molar-refractivity contribution in [1.82, 2.24) is 66.5 Å². The van der Waals surface area contributed by atoms with Crippen molar-refractivity contribution in [2.45, 2.75) is 25.8 Å². The molecule has 10 aromatic rings. The molecule has 19 nitrogen and oxygen atoms in total. The first-order valence-corrected chi connectivity index (χ1v) is 27.3. The Bertz CT molecular complexity index is 2390. The summed E-state index contributed by atoms with van der Waals surface area (Å²) >= 11 is 3.20. The van der Waals surface area contributed by atoms with Crippen molar-refractivity contribution in [3.05, 3.63) is 290 Å². The van der Waals surface area contributed by atoms with Gasteiger partial charge >= 0.3 is 0 Å². The molecule has 0 atom stereocenters. The number of hydrogen-bond donors (Lipinski definition) is 4. The number of dihydropyridines is 1. The molecule has 6 aliphatic rings. The highest BCUT2D eigenvalue weighted by Gasteiger charge is 2.02. The smallest absolute Gasteiger partial charge is 0.203 e. The molecule has 0 fully saturated rings. The van der Waals surface area contributed by atoms with Gasteiger partial charge in [0.05, 0.1) is 49.2 Å². The summed E-state index contributed by atoms with van der Waals surface area (Å²) in [5.74, 6) is 0. The molecule has 0 unspecified atom stereocenters. The monoisotopic (exact) mass is 1130 g/mol. The Morgan fingerprint density at radius 3 is 1.47 bits per heavy atom. The third-order valence-corrected chi connectivity index (χ3v) is 10.2. The van der Waals surface area contributed by atoms with Crippen LogP contribution in [0.4, 0.5) is 0 Å². The maximum Gasteiger partial charge on any atom is 0.203 e. The summed E-state index contributed by atoms with van der Waals surface area (Å²) in [7, 11) is 0. The van der Waals surface area contributed by atoms with Crippen LogP contribution in [0.25, 0.3) is 6.08 Å². The number of ether oxygens (including phenoxy) is 1. The SMILES string of the molecule is C1=CCNC1.C1=CCNC=C1.C1=CCNCC1.C1=COCC1.C1=Cc2ccccc2C1.C1=NCc2ccccc21.c1ccncc1.c1ccoc1.c1cn[nH]c1.c1cocn1.c1cscn1.c1cscn1.c1nnco1.c1nnco1. The van der Waals surface area contributed by atoms with Gasteiger partial charge in [0.2, 0.25) is 25.6 Å². The quantitative estimate of drug-likeness (QED) is 0.103. The number of oxazole rings is 1. The fourth-order valence-electron chi connectivity index (χ4n) is 5.53. The summed E-state index contributed by atoms with van der Waals surface area (Å²) in [6, 6.07) is 28.0. The molecule has 16 rings (SSSR count). The molecule has 8 aromatic heterocycles. The van der Waals surface area contributed by atoms with Crippen LogP contribution in [0.1, 0.15) is 35.1 Å². The lowest BCUT2D eigenvalue weighted by Gasteiger charge is -2.01. The van der Waals surface area contributed by atoms with Gasteiger partial charge in [-0.3, -0.25) is 25.0 Å². The minimum absolute atomic E-state index is 0.871. The lowest BCUT2D eigenvalue weighted by molar-refractivity contribution is 0.281. The minimum Gasteiger partial charge on any atom is -0.501 e. The molecule has 0 radical (unpaired) electrons. The first-order chi connectivity index (χ1) is 40.4. The zero-order chi connectivity index (χ0) is 56.8. The second kappa shape index (κ2) is 53.8. The fraction of sp³-hybridized carbons (Fsp3) is 0.167. The zero-order valence-electron chi connectivity index (χ0n) is 45.0. The van der Waals surface area contributed by atoms with E-state index in [4.69, 9.17) is 4.74 Å². The number of benzene rings is 2. The van der Waals surface area contributed by atoms with Crippen molar-refractivity contribution in [2.75, 3.05) is 39.3 Å². The molecule has 0 bridgehead atoms. The molecule has 13 heterocycles. The average molecular weight is 1130 g/mol. The van der Waals surface area contributed by atoms with Crippen LogP contribution in [0.5, 0.6) is 0 Å².